The van der Waals surface area contributed by atoms with Gasteiger partial charge in [0.15, 0.2) is 0 Å². The summed E-state index contributed by atoms with van der Waals surface area (Å²) in [5.41, 5.74) is 6.24. The fraction of sp³-hybridized carbons (Fsp3) is 0.200. The molecule has 13 heavy (non-hydrogen) atoms. The van der Waals surface area contributed by atoms with Gasteiger partial charge in [-0.25, -0.2) is 0 Å². The van der Waals surface area contributed by atoms with Crippen molar-refractivity contribution in [2.45, 2.75) is 0 Å². The predicted octanol–water partition coefficient (Wildman–Crippen LogP) is 1.63. The van der Waals surface area contributed by atoms with Gasteiger partial charge >= 0.3 is 0 Å². The molecule has 3 nitrogen and oxygen atoms in total. The van der Waals surface area contributed by atoms with Gasteiger partial charge in [-0.1, -0.05) is 0 Å². The summed E-state index contributed by atoms with van der Waals surface area (Å²) in [7, 11) is 3.23. The first-order valence-corrected chi connectivity index (χ1v) is 3.91. The smallest absolute Gasteiger partial charge is 0.123 e. The van der Waals surface area contributed by atoms with Crippen LogP contribution < -0.4 is 15.2 Å². The monoisotopic (exact) mass is 179 g/mol. The highest BCUT2D eigenvalue weighted by Crippen LogP contribution is 2.22. The first kappa shape index (κ1) is 9.45. The van der Waals surface area contributed by atoms with Crippen LogP contribution in [0.3, 0.4) is 0 Å². The lowest BCUT2D eigenvalue weighted by molar-refractivity contribution is 0.394. The van der Waals surface area contributed by atoms with E-state index in [1.54, 1.807) is 20.3 Å². The van der Waals surface area contributed by atoms with Crippen LogP contribution in [-0.2, 0) is 0 Å². The third-order valence-corrected chi connectivity index (χ3v) is 1.66. The molecule has 0 radical (unpaired) electrons. The average Bonchev–Trinajstić information content (AvgIpc) is 2.17. The van der Waals surface area contributed by atoms with E-state index in [4.69, 9.17) is 15.2 Å². The van der Waals surface area contributed by atoms with Gasteiger partial charge in [-0.15, -0.1) is 0 Å². The van der Waals surface area contributed by atoms with E-state index in [0.717, 1.165) is 17.1 Å². The molecule has 0 unspecified atom stereocenters. The number of ether oxygens (including phenoxy) is 2. The van der Waals surface area contributed by atoms with Crippen LogP contribution in [0.5, 0.6) is 11.5 Å². The Morgan fingerprint density at radius 2 is 1.62 bits per heavy atom. The highest BCUT2D eigenvalue weighted by molar-refractivity contribution is 5.54. The number of benzene rings is 1. The molecular formula is C10H13NO2. The third-order valence-electron chi connectivity index (χ3n) is 1.66. The summed E-state index contributed by atoms with van der Waals surface area (Å²) in [6.45, 7) is 0. The summed E-state index contributed by atoms with van der Waals surface area (Å²) in [5.74, 6) is 1.51. The minimum absolute atomic E-state index is 0.757. The maximum Gasteiger partial charge on any atom is 0.123 e. The van der Waals surface area contributed by atoms with Crippen LogP contribution in [0.2, 0.25) is 0 Å². The fourth-order valence-corrected chi connectivity index (χ4v) is 1.04. The highest BCUT2D eigenvalue weighted by Gasteiger charge is 1.98. The second kappa shape index (κ2) is 4.40. The van der Waals surface area contributed by atoms with E-state index in [0.29, 0.717) is 0 Å². The largest absolute Gasteiger partial charge is 0.497 e. The van der Waals surface area contributed by atoms with Crippen LogP contribution in [-0.4, -0.2) is 14.2 Å². The second-order valence-corrected chi connectivity index (χ2v) is 2.51. The van der Waals surface area contributed by atoms with E-state index in [-0.39, 0.29) is 0 Å². The summed E-state index contributed by atoms with van der Waals surface area (Å²) in [4.78, 5) is 0. The van der Waals surface area contributed by atoms with Crippen molar-refractivity contribution >= 4 is 6.08 Å². The van der Waals surface area contributed by atoms with Crippen molar-refractivity contribution < 1.29 is 9.47 Å². The lowest BCUT2D eigenvalue weighted by Gasteiger charge is -2.05. The molecule has 2 N–H and O–H groups in total. The Morgan fingerprint density at radius 1 is 1.08 bits per heavy atom. The lowest BCUT2D eigenvalue weighted by atomic mass is 10.2. The highest BCUT2D eigenvalue weighted by atomic mass is 16.5. The molecule has 0 saturated heterocycles. The van der Waals surface area contributed by atoms with Gasteiger partial charge in [-0.3, -0.25) is 0 Å². The minimum atomic E-state index is 0.757. The quantitative estimate of drug-likeness (QED) is 0.767. The first-order valence-electron chi connectivity index (χ1n) is 3.91. The number of hydrogen-bond acceptors (Lipinski definition) is 3. The van der Waals surface area contributed by atoms with Gasteiger partial charge in [0, 0.05) is 6.07 Å². The van der Waals surface area contributed by atoms with E-state index in [9.17, 15) is 0 Å². The summed E-state index contributed by atoms with van der Waals surface area (Å²) in [5, 5.41) is 0. The molecule has 0 aliphatic carbocycles. The Morgan fingerprint density at radius 3 is 2.00 bits per heavy atom. The third kappa shape index (κ3) is 2.40. The van der Waals surface area contributed by atoms with Gasteiger partial charge in [0.25, 0.3) is 0 Å². The van der Waals surface area contributed by atoms with Gasteiger partial charge in [0.1, 0.15) is 11.5 Å². The van der Waals surface area contributed by atoms with Crippen LogP contribution >= 0.6 is 0 Å². The molecule has 0 aliphatic rings. The molecule has 0 atom stereocenters. The zero-order valence-corrected chi connectivity index (χ0v) is 7.78. The normalized spacial score (nSPS) is 10.3. The number of methoxy groups -OCH3 is 2. The zero-order valence-electron chi connectivity index (χ0n) is 7.78. The van der Waals surface area contributed by atoms with Crippen molar-refractivity contribution in [3.63, 3.8) is 0 Å². The Balaban J connectivity index is 3.07. The minimum Gasteiger partial charge on any atom is -0.497 e. The summed E-state index contributed by atoms with van der Waals surface area (Å²) < 4.78 is 10.2. The van der Waals surface area contributed by atoms with Gasteiger partial charge in [0.05, 0.1) is 14.2 Å². The number of nitrogens with two attached hydrogens (primary N) is 1. The van der Waals surface area contributed by atoms with E-state index in [1.807, 2.05) is 18.2 Å². The number of hydrogen-bond donors (Lipinski definition) is 1. The maximum absolute atomic E-state index is 5.28. The van der Waals surface area contributed by atoms with Gasteiger partial charge in [-0.2, -0.15) is 0 Å². The van der Waals surface area contributed by atoms with Crippen molar-refractivity contribution in [1.82, 2.24) is 0 Å². The molecule has 0 amide bonds. The Labute approximate surface area is 77.8 Å². The molecule has 3 heteroatoms. The van der Waals surface area contributed by atoms with Crippen molar-refractivity contribution in [2.75, 3.05) is 14.2 Å². The van der Waals surface area contributed by atoms with Crippen molar-refractivity contribution in [2.24, 2.45) is 5.73 Å². The Hall–Kier alpha value is -1.64. The van der Waals surface area contributed by atoms with E-state index in [2.05, 4.69) is 0 Å². The van der Waals surface area contributed by atoms with E-state index < -0.39 is 0 Å². The molecule has 0 saturated carbocycles. The fourth-order valence-electron chi connectivity index (χ4n) is 1.04. The van der Waals surface area contributed by atoms with Crippen molar-refractivity contribution in [3.05, 3.63) is 30.0 Å². The van der Waals surface area contributed by atoms with E-state index in [1.165, 1.54) is 6.20 Å². The average molecular weight is 179 g/mol. The molecule has 1 aromatic carbocycles. The van der Waals surface area contributed by atoms with Gasteiger partial charge < -0.3 is 15.2 Å². The van der Waals surface area contributed by atoms with Crippen LogP contribution in [0.4, 0.5) is 0 Å². The van der Waals surface area contributed by atoms with Crippen LogP contribution in [0.15, 0.2) is 24.4 Å². The molecule has 0 bridgehead atoms. The molecule has 70 valence electrons. The Kier molecular flexibility index (Phi) is 3.20. The lowest BCUT2D eigenvalue weighted by Crippen LogP contribution is -1.88. The molecule has 0 heterocycles. The summed E-state index contributed by atoms with van der Waals surface area (Å²) in [6, 6.07) is 5.58. The first-order chi connectivity index (χ1) is 6.30. The van der Waals surface area contributed by atoms with Crippen molar-refractivity contribution in [3.8, 4) is 11.5 Å². The molecule has 0 aromatic heterocycles. The molecule has 0 fully saturated rings. The summed E-state index contributed by atoms with van der Waals surface area (Å²) in [6.07, 6.45) is 3.26. The molecule has 0 aliphatic heterocycles. The maximum atomic E-state index is 5.28. The van der Waals surface area contributed by atoms with Crippen molar-refractivity contribution in [1.29, 1.82) is 0 Å². The zero-order chi connectivity index (χ0) is 9.68. The Bertz CT molecular complexity index is 286. The van der Waals surface area contributed by atoms with Crippen LogP contribution in [0, 0.1) is 0 Å². The number of rotatable bonds is 3. The SMILES string of the molecule is COc1cc(C=CN)cc(OC)c1. The van der Waals surface area contributed by atoms with Crippen LogP contribution in [0.25, 0.3) is 6.08 Å². The molecule has 1 rings (SSSR count). The second-order valence-electron chi connectivity index (χ2n) is 2.51. The van der Waals surface area contributed by atoms with Gasteiger partial charge in [-0.05, 0) is 30.0 Å². The molecule has 1 aromatic rings. The standard InChI is InChI=1S/C10H13NO2/c1-12-9-5-8(3-4-11)6-10(7-9)13-2/h3-7H,11H2,1-2H3. The predicted molar refractivity (Wildman–Crippen MR) is 52.8 cm³/mol. The molecular weight excluding hydrogens is 166 g/mol. The van der Waals surface area contributed by atoms with Crippen LogP contribution in [0.1, 0.15) is 5.56 Å². The molecule has 0 spiro atoms. The van der Waals surface area contributed by atoms with Gasteiger partial charge in [0.2, 0.25) is 0 Å². The van der Waals surface area contributed by atoms with E-state index >= 15 is 0 Å². The summed E-state index contributed by atoms with van der Waals surface area (Å²) >= 11 is 0. The topological polar surface area (TPSA) is 44.5 Å².